The topological polar surface area (TPSA) is 230 Å². The third-order valence-corrected chi connectivity index (χ3v) is 2.04. The number of hydrogen-bond acceptors (Lipinski definition) is 9. The Kier molecular flexibility index (Phi) is 12.8. The molecule has 1 radical (unpaired) electrons. The predicted octanol–water partition coefficient (Wildman–Crippen LogP) is -3.87. The van der Waals surface area contributed by atoms with Gasteiger partial charge in [-0.1, -0.05) is 0 Å². The summed E-state index contributed by atoms with van der Waals surface area (Å²) in [7, 11) is 0. The molecule has 0 bridgehead atoms. The molecule has 0 aliphatic heterocycles. The van der Waals surface area contributed by atoms with E-state index in [9.17, 15) is 19.8 Å². The minimum Gasteiger partial charge on any atom is -0.543 e. The summed E-state index contributed by atoms with van der Waals surface area (Å²) >= 11 is 0. The van der Waals surface area contributed by atoms with Crippen LogP contribution in [-0.2, 0) is 22.5 Å². The monoisotopic (exact) mass is 390 g/mol. The van der Waals surface area contributed by atoms with Crippen molar-refractivity contribution in [2.45, 2.75) is 6.92 Å². The molecule has 0 fully saturated rings. The van der Waals surface area contributed by atoms with Crippen LogP contribution in [-0.4, -0.2) is 37.5 Å². The molecule has 2 rings (SSSR count). The summed E-state index contributed by atoms with van der Waals surface area (Å²) in [5.41, 5.74) is 4.83. The van der Waals surface area contributed by atoms with E-state index in [0.717, 1.165) is 17.8 Å². The van der Waals surface area contributed by atoms with E-state index >= 15 is 0 Å². The number of anilines is 1. The SMILES string of the molecule is Cc1ccnc(N)n1.O.O=C([O-])c1cc(O)cc(C(=O)[O-])n1.[Cu+2].[OH3+]. The summed E-state index contributed by atoms with van der Waals surface area (Å²) in [6.07, 6.45) is 1.64. The number of rotatable bonds is 2. The van der Waals surface area contributed by atoms with Crippen molar-refractivity contribution >= 4 is 17.9 Å². The number of nitrogens with zero attached hydrogens (tertiary/aromatic N) is 3. The van der Waals surface area contributed by atoms with E-state index in [1.807, 2.05) is 6.92 Å². The number of carbonyl (C=O) groups is 2. The molecule has 135 valence electrons. The standard InChI is InChI=1S/C7H5NO5.C5H7N3.Cu.2H2O/c9-3-1-4(6(10)11)8-5(2-3)7(12)13;1-4-2-3-7-5(6)8-4;;;/h1-2H,(H,8,9)(H,10,11)(H,12,13);2-3H,1H3,(H2,6,7,8);;2*1H2/q;;+2;;/p-1. The van der Waals surface area contributed by atoms with Crippen LogP contribution in [0.4, 0.5) is 5.95 Å². The Morgan fingerprint density at radius 1 is 1.12 bits per heavy atom. The van der Waals surface area contributed by atoms with Gasteiger partial charge >= 0.3 is 17.1 Å². The summed E-state index contributed by atoms with van der Waals surface area (Å²) < 4.78 is 0. The Labute approximate surface area is 146 Å². The van der Waals surface area contributed by atoms with Gasteiger partial charge in [0, 0.05) is 24.0 Å². The minimum absolute atomic E-state index is 0. The maximum Gasteiger partial charge on any atom is 2.00 e. The van der Waals surface area contributed by atoms with Gasteiger partial charge in [0.05, 0.1) is 23.3 Å². The van der Waals surface area contributed by atoms with Crippen molar-refractivity contribution in [1.29, 1.82) is 0 Å². The van der Waals surface area contributed by atoms with Gasteiger partial charge in [-0.25, -0.2) is 15.0 Å². The van der Waals surface area contributed by atoms with Gasteiger partial charge in [-0.05, 0) is 13.0 Å². The molecule has 8 N–H and O–H groups in total. The van der Waals surface area contributed by atoms with Crippen molar-refractivity contribution in [2.24, 2.45) is 0 Å². The first kappa shape index (κ1) is 26.1. The number of hydrogen-bond donors (Lipinski definition) is 2. The molecule has 12 heteroatoms. The number of nitrogens with two attached hydrogens (primary N) is 1. The fraction of sp³-hybridized carbons (Fsp3) is 0.0833. The van der Waals surface area contributed by atoms with Crippen LogP contribution in [0.5, 0.6) is 5.75 Å². The number of carboxylic acids is 2. The predicted molar refractivity (Wildman–Crippen MR) is 74.2 cm³/mol. The normalized spacial score (nSPS) is 8.21. The number of carboxylic acid groups (broad SMARTS) is 2. The molecule has 2 aromatic rings. The summed E-state index contributed by atoms with van der Waals surface area (Å²) in [5.74, 6) is -3.52. The van der Waals surface area contributed by atoms with Crippen LogP contribution in [0.1, 0.15) is 26.7 Å². The Bertz CT molecular complexity index is 635. The molecule has 0 saturated carbocycles. The number of aryl methyl sites for hydroxylation is 1. The van der Waals surface area contributed by atoms with E-state index in [0.29, 0.717) is 5.95 Å². The van der Waals surface area contributed by atoms with Crippen molar-refractivity contribution in [2.75, 3.05) is 5.73 Å². The van der Waals surface area contributed by atoms with Gasteiger partial charge in [-0.2, -0.15) is 0 Å². The number of aromatic hydroxyl groups is 1. The third-order valence-electron chi connectivity index (χ3n) is 2.04. The van der Waals surface area contributed by atoms with Gasteiger partial charge in [0.1, 0.15) is 5.75 Å². The molecule has 0 spiro atoms. The molecule has 24 heavy (non-hydrogen) atoms. The molecule has 11 nitrogen and oxygen atoms in total. The maximum absolute atomic E-state index is 10.2. The van der Waals surface area contributed by atoms with Crippen molar-refractivity contribution in [3.05, 3.63) is 41.5 Å². The second kappa shape index (κ2) is 11.7. The van der Waals surface area contributed by atoms with E-state index in [4.69, 9.17) is 10.8 Å². The maximum atomic E-state index is 10.2. The molecule has 0 aliphatic rings. The average Bonchev–Trinajstić information content (AvgIpc) is 2.38. The second-order valence-corrected chi connectivity index (χ2v) is 3.73. The summed E-state index contributed by atoms with van der Waals surface area (Å²) in [6, 6.07) is 3.36. The van der Waals surface area contributed by atoms with Gasteiger partial charge in [0.25, 0.3) is 0 Å². The summed E-state index contributed by atoms with van der Waals surface area (Å²) in [5, 5.41) is 29.3. The van der Waals surface area contributed by atoms with Gasteiger partial charge in [0.15, 0.2) is 0 Å². The molecule has 2 aromatic heterocycles. The fourth-order valence-electron chi connectivity index (χ4n) is 1.19. The molecule has 0 atom stereocenters. The number of aromatic carboxylic acids is 2. The molecule has 0 amide bonds. The quantitative estimate of drug-likeness (QED) is 0.376. The zero-order chi connectivity index (χ0) is 16.0. The van der Waals surface area contributed by atoms with Crippen molar-refractivity contribution in [1.82, 2.24) is 15.0 Å². The molecule has 0 unspecified atom stereocenters. The zero-order valence-corrected chi connectivity index (χ0v) is 13.1. The molecular weight excluding hydrogens is 376 g/mol. The number of pyridine rings is 1. The van der Waals surface area contributed by atoms with Gasteiger partial charge in [-0.3, -0.25) is 0 Å². The Balaban J connectivity index is -0.000000353. The van der Waals surface area contributed by atoms with Crippen LogP contribution in [0.15, 0.2) is 24.4 Å². The van der Waals surface area contributed by atoms with Crippen molar-refractivity contribution < 1.29 is 52.9 Å². The van der Waals surface area contributed by atoms with E-state index in [-0.39, 0.29) is 28.0 Å². The van der Waals surface area contributed by atoms with Gasteiger partial charge in [0.2, 0.25) is 5.95 Å². The summed E-state index contributed by atoms with van der Waals surface area (Å²) in [4.78, 5) is 31.2. The molecule has 0 aliphatic carbocycles. The summed E-state index contributed by atoms with van der Waals surface area (Å²) in [6.45, 7) is 1.87. The molecule has 2 heterocycles. The van der Waals surface area contributed by atoms with E-state index in [1.165, 1.54) is 0 Å². The Morgan fingerprint density at radius 2 is 1.58 bits per heavy atom. The van der Waals surface area contributed by atoms with Crippen LogP contribution >= 0.6 is 0 Å². The van der Waals surface area contributed by atoms with Crippen LogP contribution in [0.3, 0.4) is 0 Å². The first-order chi connectivity index (χ1) is 9.79. The number of carbonyl (C=O) groups excluding carboxylic acids is 2. The zero-order valence-electron chi connectivity index (χ0n) is 12.2. The largest absolute Gasteiger partial charge is 2.00 e. The van der Waals surface area contributed by atoms with Crippen LogP contribution in [0.25, 0.3) is 0 Å². The van der Waals surface area contributed by atoms with Crippen molar-refractivity contribution in [3.63, 3.8) is 0 Å². The van der Waals surface area contributed by atoms with E-state index in [1.54, 1.807) is 12.3 Å². The average molecular weight is 391 g/mol. The second-order valence-electron chi connectivity index (χ2n) is 3.73. The van der Waals surface area contributed by atoms with Crippen LogP contribution < -0.4 is 15.9 Å². The fourth-order valence-corrected chi connectivity index (χ4v) is 1.19. The molecule has 0 saturated heterocycles. The first-order valence-corrected chi connectivity index (χ1v) is 5.48. The number of aromatic nitrogens is 3. The Morgan fingerprint density at radius 3 is 1.88 bits per heavy atom. The Hall–Kier alpha value is -2.79. The third kappa shape index (κ3) is 8.60. The molecular formula is C12H15CuN4O7+. The first-order valence-electron chi connectivity index (χ1n) is 5.48. The minimum atomic E-state index is -1.67. The molecule has 0 aromatic carbocycles. The van der Waals surface area contributed by atoms with Gasteiger partial charge < -0.3 is 41.6 Å². The van der Waals surface area contributed by atoms with Gasteiger partial charge in [-0.15, -0.1) is 0 Å². The van der Waals surface area contributed by atoms with E-state index in [2.05, 4.69) is 15.0 Å². The van der Waals surface area contributed by atoms with Crippen molar-refractivity contribution in [3.8, 4) is 5.75 Å². The van der Waals surface area contributed by atoms with E-state index < -0.39 is 29.1 Å². The smallest absolute Gasteiger partial charge is 0.543 e. The van der Waals surface area contributed by atoms with Crippen LogP contribution in [0.2, 0.25) is 0 Å². The number of nitrogen functional groups attached to an aromatic ring is 1. The van der Waals surface area contributed by atoms with Crippen LogP contribution in [0, 0.1) is 6.92 Å².